The predicted molar refractivity (Wildman–Crippen MR) is 126 cm³/mol. The third kappa shape index (κ3) is 5.55. The van der Waals surface area contributed by atoms with Gasteiger partial charge in [0.05, 0.1) is 18.8 Å². The molecular weight excluding hydrogens is 443 g/mol. The summed E-state index contributed by atoms with van der Waals surface area (Å²) >= 11 is 1.61. The van der Waals surface area contributed by atoms with Gasteiger partial charge in [-0.2, -0.15) is 0 Å². The van der Waals surface area contributed by atoms with E-state index >= 15 is 0 Å². The van der Waals surface area contributed by atoms with Gasteiger partial charge in [0.25, 0.3) is 0 Å². The number of hydrogen-bond acceptors (Lipinski definition) is 6. The van der Waals surface area contributed by atoms with Gasteiger partial charge in [0.15, 0.2) is 0 Å². The molecule has 1 saturated heterocycles. The lowest BCUT2D eigenvalue weighted by molar-refractivity contribution is -0.119. The highest BCUT2D eigenvalue weighted by Gasteiger charge is 2.32. The van der Waals surface area contributed by atoms with Crippen molar-refractivity contribution in [3.05, 3.63) is 70.4 Å². The van der Waals surface area contributed by atoms with Gasteiger partial charge in [-0.05, 0) is 36.2 Å². The Balaban J connectivity index is 1.41. The van der Waals surface area contributed by atoms with Crippen molar-refractivity contribution >= 4 is 29.0 Å². The number of ether oxygens (including phenoxy) is 1. The largest absolute Gasteiger partial charge is 0.442 e. The average molecular weight is 469 g/mol. The zero-order valence-electron chi connectivity index (χ0n) is 18.4. The third-order valence-corrected chi connectivity index (χ3v) is 6.26. The minimum Gasteiger partial charge on any atom is -0.442 e. The summed E-state index contributed by atoms with van der Waals surface area (Å²) < 4.78 is 20.2. The van der Waals surface area contributed by atoms with E-state index in [0.717, 1.165) is 16.1 Å². The van der Waals surface area contributed by atoms with Crippen molar-refractivity contribution < 1.29 is 18.7 Å². The maximum atomic E-state index is 15.0. The number of hydrogen-bond donors (Lipinski definition) is 2. The molecule has 9 heteroatoms. The molecule has 1 aromatic heterocycles. The van der Waals surface area contributed by atoms with Crippen molar-refractivity contribution in [3.63, 3.8) is 0 Å². The van der Waals surface area contributed by atoms with E-state index in [1.165, 1.54) is 17.9 Å². The zero-order chi connectivity index (χ0) is 23.4. The minimum atomic E-state index is -0.555. The first kappa shape index (κ1) is 22.9. The molecule has 3 aromatic rings. The first-order valence-corrected chi connectivity index (χ1v) is 11.5. The highest BCUT2D eigenvalue weighted by molar-refractivity contribution is 7.09. The number of aromatic nitrogens is 1. The molecule has 2 heterocycles. The molecule has 2 amide bonds. The molecule has 1 unspecified atom stereocenters. The third-order valence-electron chi connectivity index (χ3n) is 5.48. The Morgan fingerprint density at radius 3 is 2.76 bits per heavy atom. The Morgan fingerprint density at radius 2 is 2.09 bits per heavy atom. The topological polar surface area (TPSA) is 83.6 Å². The second kappa shape index (κ2) is 10.1. The van der Waals surface area contributed by atoms with Crippen LogP contribution < -0.4 is 15.5 Å². The van der Waals surface area contributed by atoms with Crippen LogP contribution in [0, 0.1) is 5.82 Å². The Kier molecular flexibility index (Phi) is 7.00. The molecule has 1 fully saturated rings. The van der Waals surface area contributed by atoms with Crippen LogP contribution in [0.1, 0.15) is 30.5 Å². The van der Waals surface area contributed by atoms with Crippen LogP contribution in [0.2, 0.25) is 0 Å². The normalized spacial score (nSPS) is 16.5. The fraction of sp³-hybridized carbons (Fsp3) is 0.292. The second-order valence-corrected chi connectivity index (χ2v) is 8.85. The summed E-state index contributed by atoms with van der Waals surface area (Å²) in [7, 11) is 0. The van der Waals surface area contributed by atoms with E-state index in [9.17, 15) is 14.0 Å². The van der Waals surface area contributed by atoms with Crippen LogP contribution in [-0.4, -0.2) is 36.2 Å². The van der Waals surface area contributed by atoms with Gasteiger partial charge in [-0.25, -0.2) is 14.2 Å². The molecule has 1 aliphatic heterocycles. The molecule has 33 heavy (non-hydrogen) atoms. The molecule has 2 atom stereocenters. The lowest BCUT2D eigenvalue weighted by atomic mass is 10.0. The Morgan fingerprint density at radius 1 is 1.30 bits per heavy atom. The minimum absolute atomic E-state index is 0.127. The van der Waals surface area contributed by atoms with E-state index in [1.54, 1.807) is 29.7 Å². The second-order valence-electron chi connectivity index (χ2n) is 7.87. The van der Waals surface area contributed by atoms with Gasteiger partial charge in [-0.15, -0.1) is 11.3 Å². The zero-order valence-corrected chi connectivity index (χ0v) is 19.2. The molecule has 2 N–H and O–H groups in total. The van der Waals surface area contributed by atoms with Crippen LogP contribution >= 0.6 is 11.3 Å². The summed E-state index contributed by atoms with van der Waals surface area (Å²) in [5.74, 6) is -0.621. The number of rotatable bonds is 8. The number of carbonyl (C=O) groups excluding carboxylic acids is 2. The Hall–Kier alpha value is -3.30. The van der Waals surface area contributed by atoms with Crippen LogP contribution in [0.15, 0.2) is 54.0 Å². The van der Waals surface area contributed by atoms with E-state index in [2.05, 4.69) is 22.5 Å². The van der Waals surface area contributed by atoms with Crippen molar-refractivity contribution in [2.45, 2.75) is 32.5 Å². The van der Waals surface area contributed by atoms with E-state index < -0.39 is 18.0 Å². The quantitative estimate of drug-likeness (QED) is 0.516. The van der Waals surface area contributed by atoms with E-state index in [4.69, 9.17) is 4.74 Å². The fourth-order valence-electron chi connectivity index (χ4n) is 3.65. The number of thiazole rings is 1. The highest BCUT2D eigenvalue weighted by Crippen LogP contribution is 2.30. The number of halogens is 1. The van der Waals surface area contributed by atoms with Gasteiger partial charge < -0.3 is 15.4 Å². The molecule has 0 radical (unpaired) electrons. The smallest absolute Gasteiger partial charge is 0.414 e. The van der Waals surface area contributed by atoms with Crippen molar-refractivity contribution in [1.82, 2.24) is 15.6 Å². The molecule has 0 saturated carbocycles. The van der Waals surface area contributed by atoms with Crippen molar-refractivity contribution in [2.75, 3.05) is 18.0 Å². The van der Waals surface area contributed by atoms with Gasteiger partial charge in [-0.3, -0.25) is 9.69 Å². The van der Waals surface area contributed by atoms with Crippen LogP contribution in [0.3, 0.4) is 0 Å². The number of cyclic esters (lactones) is 1. The number of amides is 2. The van der Waals surface area contributed by atoms with Crippen LogP contribution in [0.25, 0.3) is 11.1 Å². The van der Waals surface area contributed by atoms with Crippen LogP contribution in [0.5, 0.6) is 0 Å². The van der Waals surface area contributed by atoms with Crippen molar-refractivity contribution in [2.24, 2.45) is 0 Å². The lowest BCUT2D eigenvalue weighted by Gasteiger charge is -2.16. The first-order chi connectivity index (χ1) is 15.9. The summed E-state index contributed by atoms with van der Waals surface area (Å²) in [4.78, 5) is 28.9. The molecule has 7 nitrogen and oxygen atoms in total. The average Bonchev–Trinajstić information content (AvgIpc) is 3.45. The SMILES string of the molecule is CC(=O)NC[C@H]1CN(c2ccc(-c3ccc(C(C)NCc4nccs4)cc3)c(F)c2)C(=O)O1. The van der Waals surface area contributed by atoms with Crippen LogP contribution in [-0.2, 0) is 16.1 Å². The maximum Gasteiger partial charge on any atom is 0.414 e. The summed E-state index contributed by atoms with van der Waals surface area (Å²) in [6, 6.07) is 12.6. The van der Waals surface area contributed by atoms with E-state index in [-0.39, 0.29) is 25.0 Å². The number of anilines is 1. The summed E-state index contributed by atoms with van der Waals surface area (Å²) in [6.45, 7) is 4.64. The molecule has 0 bridgehead atoms. The van der Waals surface area contributed by atoms with Crippen LogP contribution in [0.4, 0.5) is 14.9 Å². The summed E-state index contributed by atoms with van der Waals surface area (Å²) in [5, 5.41) is 9.04. The maximum absolute atomic E-state index is 15.0. The molecule has 2 aromatic carbocycles. The number of carbonyl (C=O) groups is 2. The first-order valence-electron chi connectivity index (χ1n) is 10.6. The number of nitrogens with zero attached hydrogens (tertiary/aromatic N) is 2. The van der Waals surface area contributed by atoms with Gasteiger partial charge in [0.1, 0.15) is 16.9 Å². The lowest BCUT2D eigenvalue weighted by Crippen LogP contribution is -2.33. The highest BCUT2D eigenvalue weighted by atomic mass is 32.1. The van der Waals surface area contributed by atoms with Gasteiger partial charge in [-0.1, -0.05) is 24.3 Å². The molecule has 4 rings (SSSR count). The number of nitrogens with one attached hydrogen (secondary N) is 2. The van der Waals surface area contributed by atoms with Crippen molar-refractivity contribution in [1.29, 1.82) is 0 Å². The Bertz CT molecular complexity index is 1120. The molecule has 0 spiro atoms. The number of benzene rings is 2. The van der Waals surface area contributed by atoms with Crippen molar-refractivity contribution in [3.8, 4) is 11.1 Å². The predicted octanol–water partition coefficient (Wildman–Crippen LogP) is 4.26. The standard InChI is InChI=1S/C24H25FN4O3S/c1-15(27-13-23-26-9-10-33-23)17-3-5-18(6-4-17)21-8-7-19(11-22(21)25)29-14-20(32-24(29)31)12-28-16(2)30/h3-11,15,20,27H,12-14H2,1-2H3,(H,28,30)/t15?,20-/m0/s1. The summed E-state index contributed by atoms with van der Waals surface area (Å²) in [5.41, 5.74) is 2.72. The van der Waals surface area contributed by atoms with Gasteiger partial charge in [0, 0.05) is 36.7 Å². The fourth-order valence-corrected chi connectivity index (χ4v) is 4.22. The van der Waals surface area contributed by atoms with Gasteiger partial charge in [0.2, 0.25) is 5.91 Å². The molecular formula is C24H25FN4O3S. The molecule has 172 valence electrons. The monoisotopic (exact) mass is 468 g/mol. The molecule has 1 aliphatic rings. The summed E-state index contributed by atoms with van der Waals surface area (Å²) in [6.07, 6.45) is 0.765. The Labute approximate surface area is 195 Å². The molecule has 0 aliphatic carbocycles. The van der Waals surface area contributed by atoms with E-state index in [1.807, 2.05) is 29.6 Å². The van der Waals surface area contributed by atoms with E-state index in [0.29, 0.717) is 17.8 Å². The van der Waals surface area contributed by atoms with Gasteiger partial charge >= 0.3 is 6.09 Å².